The van der Waals surface area contributed by atoms with Crippen molar-refractivity contribution in [3.8, 4) is 23.0 Å². The van der Waals surface area contributed by atoms with E-state index in [2.05, 4.69) is 5.32 Å². The average molecular weight is 436 g/mol. The summed E-state index contributed by atoms with van der Waals surface area (Å²) in [5.74, 6) is 2.43. The summed E-state index contributed by atoms with van der Waals surface area (Å²) < 4.78 is 22.5. The van der Waals surface area contributed by atoms with E-state index in [1.807, 2.05) is 67.6 Å². The van der Waals surface area contributed by atoms with Gasteiger partial charge in [0.15, 0.2) is 11.5 Å². The fraction of sp³-hybridized carbons (Fsp3) is 0.269. The lowest BCUT2D eigenvalue weighted by molar-refractivity contribution is 0.0945. The van der Waals surface area contributed by atoms with Crippen LogP contribution in [0.3, 0.4) is 0 Å². The molecule has 0 aliphatic carbocycles. The number of para-hydroxylation sites is 2. The van der Waals surface area contributed by atoms with Gasteiger partial charge in [-0.2, -0.15) is 0 Å². The van der Waals surface area contributed by atoms with Crippen molar-refractivity contribution in [1.82, 2.24) is 5.32 Å². The molecular weight excluding hydrogens is 406 g/mol. The molecule has 6 nitrogen and oxygen atoms in total. The minimum absolute atomic E-state index is 0.213. The van der Waals surface area contributed by atoms with Crippen molar-refractivity contribution in [1.29, 1.82) is 0 Å². The molecule has 32 heavy (non-hydrogen) atoms. The van der Waals surface area contributed by atoms with Crippen LogP contribution >= 0.6 is 0 Å². The molecular formula is C26H29NO5. The molecule has 0 aliphatic rings. The van der Waals surface area contributed by atoms with Crippen molar-refractivity contribution < 1.29 is 23.7 Å². The van der Waals surface area contributed by atoms with Crippen LogP contribution in [-0.4, -0.2) is 32.8 Å². The Morgan fingerprint density at radius 3 is 2.28 bits per heavy atom. The predicted molar refractivity (Wildman–Crippen MR) is 124 cm³/mol. The summed E-state index contributed by atoms with van der Waals surface area (Å²) >= 11 is 0. The van der Waals surface area contributed by atoms with Gasteiger partial charge in [0, 0.05) is 6.54 Å². The molecule has 6 heteroatoms. The van der Waals surface area contributed by atoms with Crippen molar-refractivity contribution in [2.45, 2.75) is 19.9 Å². The van der Waals surface area contributed by atoms with E-state index in [1.54, 1.807) is 19.2 Å². The lowest BCUT2D eigenvalue weighted by Gasteiger charge is -2.14. The summed E-state index contributed by atoms with van der Waals surface area (Å²) in [4.78, 5) is 12.8. The van der Waals surface area contributed by atoms with Crippen LogP contribution in [0.4, 0.5) is 0 Å². The van der Waals surface area contributed by atoms with Crippen LogP contribution in [0.1, 0.15) is 29.3 Å². The summed E-state index contributed by atoms with van der Waals surface area (Å²) in [7, 11) is 1.60. The summed E-state index contributed by atoms with van der Waals surface area (Å²) in [6.45, 7) is 3.74. The summed E-state index contributed by atoms with van der Waals surface area (Å²) in [6.07, 6.45) is 0.917. The van der Waals surface area contributed by atoms with Crippen molar-refractivity contribution in [3.63, 3.8) is 0 Å². The number of carbonyl (C=O) groups excluding carboxylic acids is 1. The van der Waals surface area contributed by atoms with E-state index in [9.17, 15) is 4.79 Å². The topological polar surface area (TPSA) is 66.0 Å². The maximum atomic E-state index is 12.8. The highest BCUT2D eigenvalue weighted by atomic mass is 16.5. The van der Waals surface area contributed by atoms with E-state index in [4.69, 9.17) is 18.9 Å². The molecule has 168 valence electrons. The monoisotopic (exact) mass is 435 g/mol. The number of rotatable bonds is 12. The van der Waals surface area contributed by atoms with Crippen LogP contribution < -0.4 is 24.3 Å². The number of benzene rings is 3. The molecule has 3 aromatic rings. The van der Waals surface area contributed by atoms with E-state index < -0.39 is 0 Å². The third-order valence-corrected chi connectivity index (χ3v) is 4.63. The molecule has 1 amide bonds. The predicted octanol–water partition coefficient (Wildman–Crippen LogP) is 4.87. The van der Waals surface area contributed by atoms with Crippen molar-refractivity contribution >= 4 is 5.91 Å². The standard InChI is InChI=1S/C26H29NO5/c1-3-15-31-24-14-13-20(18-25(24)29-2)19-27-26(28)22-11-7-8-12-23(22)32-17-16-30-21-9-5-4-6-10-21/h4-14,18H,3,15-17,19H2,1-2H3,(H,27,28). The number of ether oxygens (including phenoxy) is 4. The van der Waals surface area contributed by atoms with E-state index in [-0.39, 0.29) is 5.91 Å². The van der Waals surface area contributed by atoms with Gasteiger partial charge >= 0.3 is 0 Å². The average Bonchev–Trinajstić information content (AvgIpc) is 2.85. The minimum atomic E-state index is -0.213. The van der Waals surface area contributed by atoms with Crippen LogP contribution in [0, 0.1) is 0 Å². The Labute approximate surface area is 189 Å². The van der Waals surface area contributed by atoms with Gasteiger partial charge in [-0.3, -0.25) is 4.79 Å². The molecule has 0 aromatic heterocycles. The van der Waals surface area contributed by atoms with E-state index in [0.29, 0.717) is 49.2 Å². The second kappa shape index (κ2) is 12.2. The zero-order valence-corrected chi connectivity index (χ0v) is 18.5. The number of nitrogens with one attached hydrogen (secondary N) is 1. The third-order valence-electron chi connectivity index (χ3n) is 4.63. The van der Waals surface area contributed by atoms with Gasteiger partial charge in [-0.1, -0.05) is 43.3 Å². The van der Waals surface area contributed by atoms with Gasteiger partial charge in [-0.15, -0.1) is 0 Å². The molecule has 0 spiro atoms. The Morgan fingerprint density at radius 2 is 1.50 bits per heavy atom. The molecule has 0 unspecified atom stereocenters. The Morgan fingerprint density at radius 1 is 0.781 bits per heavy atom. The number of carbonyl (C=O) groups is 1. The molecule has 0 saturated carbocycles. The quantitative estimate of drug-likeness (QED) is 0.411. The second-order valence-electron chi connectivity index (χ2n) is 7.02. The van der Waals surface area contributed by atoms with Crippen molar-refractivity contribution in [2.75, 3.05) is 26.9 Å². The highest BCUT2D eigenvalue weighted by Gasteiger charge is 2.13. The van der Waals surface area contributed by atoms with Crippen molar-refractivity contribution in [3.05, 3.63) is 83.9 Å². The smallest absolute Gasteiger partial charge is 0.255 e. The van der Waals surface area contributed by atoms with E-state index in [1.165, 1.54) is 0 Å². The fourth-order valence-electron chi connectivity index (χ4n) is 3.04. The van der Waals surface area contributed by atoms with Gasteiger partial charge in [0.25, 0.3) is 5.91 Å². The highest BCUT2D eigenvalue weighted by molar-refractivity contribution is 5.96. The second-order valence-corrected chi connectivity index (χ2v) is 7.02. The first-order valence-electron chi connectivity index (χ1n) is 10.7. The van der Waals surface area contributed by atoms with Crippen LogP contribution in [0.15, 0.2) is 72.8 Å². The molecule has 0 atom stereocenters. The van der Waals surface area contributed by atoms with Crippen LogP contribution in [0.2, 0.25) is 0 Å². The van der Waals surface area contributed by atoms with Gasteiger partial charge in [0.1, 0.15) is 24.7 Å². The summed E-state index contributed by atoms with van der Waals surface area (Å²) in [5.41, 5.74) is 1.38. The maximum Gasteiger partial charge on any atom is 0.255 e. The lowest BCUT2D eigenvalue weighted by atomic mass is 10.1. The SMILES string of the molecule is CCCOc1ccc(CNC(=O)c2ccccc2OCCOc2ccccc2)cc1OC. The molecule has 0 bridgehead atoms. The van der Waals surface area contributed by atoms with E-state index >= 15 is 0 Å². The molecule has 0 heterocycles. The first-order valence-corrected chi connectivity index (χ1v) is 10.7. The van der Waals surface area contributed by atoms with Gasteiger partial charge in [0.2, 0.25) is 0 Å². The minimum Gasteiger partial charge on any atom is -0.493 e. The molecule has 1 N–H and O–H groups in total. The Bertz CT molecular complexity index is 991. The van der Waals surface area contributed by atoms with Crippen molar-refractivity contribution in [2.24, 2.45) is 0 Å². The zero-order valence-electron chi connectivity index (χ0n) is 18.5. The van der Waals surface area contributed by atoms with Gasteiger partial charge in [-0.25, -0.2) is 0 Å². The lowest BCUT2D eigenvalue weighted by Crippen LogP contribution is -2.24. The summed E-state index contributed by atoms with van der Waals surface area (Å²) in [6, 6.07) is 22.3. The fourth-order valence-corrected chi connectivity index (χ4v) is 3.04. The molecule has 3 aromatic carbocycles. The molecule has 0 fully saturated rings. The zero-order chi connectivity index (χ0) is 22.6. The number of hydrogen-bond acceptors (Lipinski definition) is 5. The van der Waals surface area contributed by atoms with Gasteiger partial charge < -0.3 is 24.3 Å². The molecule has 0 radical (unpaired) electrons. The normalized spacial score (nSPS) is 10.3. The van der Waals surface area contributed by atoms with E-state index in [0.717, 1.165) is 17.7 Å². The first kappa shape index (κ1) is 23.0. The summed E-state index contributed by atoms with van der Waals surface area (Å²) in [5, 5.41) is 2.94. The molecule has 0 aliphatic heterocycles. The number of amides is 1. The van der Waals surface area contributed by atoms with Crippen LogP contribution in [-0.2, 0) is 6.54 Å². The third kappa shape index (κ3) is 6.67. The Hall–Kier alpha value is -3.67. The Kier molecular flexibility index (Phi) is 8.80. The maximum absolute atomic E-state index is 12.8. The largest absolute Gasteiger partial charge is 0.493 e. The van der Waals surface area contributed by atoms with Gasteiger partial charge in [-0.05, 0) is 48.4 Å². The molecule has 3 rings (SSSR count). The van der Waals surface area contributed by atoms with Crippen LogP contribution in [0.25, 0.3) is 0 Å². The first-order chi connectivity index (χ1) is 15.7. The van der Waals surface area contributed by atoms with Gasteiger partial charge in [0.05, 0.1) is 19.3 Å². The molecule has 0 saturated heterocycles. The Balaban J connectivity index is 1.55. The van der Waals surface area contributed by atoms with Crippen LogP contribution in [0.5, 0.6) is 23.0 Å². The number of hydrogen-bond donors (Lipinski definition) is 1. The number of methoxy groups -OCH3 is 1. The highest BCUT2D eigenvalue weighted by Crippen LogP contribution is 2.28.